The van der Waals surface area contributed by atoms with Gasteiger partial charge in [-0.1, -0.05) is 38.4 Å². The number of hydrogen-bond acceptors (Lipinski definition) is 5. The number of carbonyl (C=O) groups excluding carboxylic acids is 1. The molecule has 0 atom stereocenters. The van der Waals surface area contributed by atoms with Gasteiger partial charge < -0.3 is 4.74 Å². The van der Waals surface area contributed by atoms with E-state index in [1.807, 2.05) is 20.8 Å². The van der Waals surface area contributed by atoms with E-state index in [1.54, 1.807) is 30.3 Å². The zero-order valence-corrected chi connectivity index (χ0v) is 16.3. The molecule has 0 fully saturated rings. The molecule has 0 saturated carbocycles. The Hall–Kier alpha value is -3.19. The number of esters is 1. The number of benzene rings is 2. The molecule has 0 aliphatic heterocycles. The van der Waals surface area contributed by atoms with Gasteiger partial charge >= 0.3 is 5.97 Å². The van der Waals surface area contributed by atoms with Gasteiger partial charge in [-0.3, -0.25) is 10.1 Å². The lowest BCUT2D eigenvalue weighted by Gasteiger charge is -2.13. The van der Waals surface area contributed by atoms with E-state index in [1.165, 1.54) is 28.9 Å². The Morgan fingerprint density at radius 1 is 1.14 bits per heavy atom. The third-order valence-electron chi connectivity index (χ3n) is 4.01. The molecule has 3 rings (SSSR count). The summed E-state index contributed by atoms with van der Waals surface area (Å²) in [5, 5.41) is 15.9. The fourth-order valence-electron chi connectivity index (χ4n) is 2.47. The monoisotopic (exact) mass is 399 g/mol. The van der Waals surface area contributed by atoms with Crippen LogP contribution in [-0.2, 0) is 5.41 Å². The zero-order chi connectivity index (χ0) is 20.5. The minimum atomic E-state index is -0.640. The van der Waals surface area contributed by atoms with Crippen LogP contribution in [-0.4, -0.2) is 20.7 Å². The van der Waals surface area contributed by atoms with Crippen LogP contribution >= 0.6 is 11.6 Å². The predicted molar refractivity (Wildman–Crippen MR) is 105 cm³/mol. The van der Waals surface area contributed by atoms with Crippen molar-refractivity contribution in [3.8, 4) is 11.6 Å². The van der Waals surface area contributed by atoms with Crippen molar-refractivity contribution in [3.63, 3.8) is 0 Å². The molecule has 0 spiro atoms. The van der Waals surface area contributed by atoms with Gasteiger partial charge in [-0.25, -0.2) is 9.48 Å². The maximum atomic E-state index is 12.5. The number of ether oxygens (including phenoxy) is 1. The van der Waals surface area contributed by atoms with E-state index in [2.05, 4.69) is 5.10 Å². The number of nitro groups is 1. The maximum Gasteiger partial charge on any atom is 0.344 e. The second kappa shape index (κ2) is 7.44. The molecule has 3 aromatic rings. The first-order valence-corrected chi connectivity index (χ1v) is 8.86. The van der Waals surface area contributed by atoms with Gasteiger partial charge in [0, 0.05) is 28.6 Å². The summed E-state index contributed by atoms with van der Waals surface area (Å²) in [7, 11) is 0. The van der Waals surface area contributed by atoms with E-state index in [9.17, 15) is 14.9 Å². The number of rotatable bonds is 4. The number of non-ortho nitro benzene ring substituents is 1. The van der Waals surface area contributed by atoms with Gasteiger partial charge in [0.15, 0.2) is 0 Å². The third-order valence-corrected chi connectivity index (χ3v) is 4.24. The molecule has 8 heteroatoms. The first-order chi connectivity index (χ1) is 13.1. The quantitative estimate of drug-likeness (QED) is 0.352. The molecule has 0 unspecified atom stereocenters. The van der Waals surface area contributed by atoms with Crippen LogP contribution in [0.5, 0.6) is 5.88 Å². The summed E-state index contributed by atoms with van der Waals surface area (Å²) in [4.78, 5) is 22.8. The average molecular weight is 400 g/mol. The summed E-state index contributed by atoms with van der Waals surface area (Å²) in [6.45, 7) is 6.00. The first kappa shape index (κ1) is 19.6. The van der Waals surface area contributed by atoms with Crippen LogP contribution in [0.2, 0.25) is 5.02 Å². The number of aromatic nitrogens is 2. The molecule has 0 N–H and O–H groups in total. The van der Waals surface area contributed by atoms with Crippen LogP contribution in [0.4, 0.5) is 5.69 Å². The van der Waals surface area contributed by atoms with Crippen molar-refractivity contribution in [2.24, 2.45) is 0 Å². The zero-order valence-electron chi connectivity index (χ0n) is 15.5. The predicted octanol–water partition coefficient (Wildman–Crippen LogP) is 4.95. The van der Waals surface area contributed by atoms with E-state index < -0.39 is 10.9 Å². The van der Waals surface area contributed by atoms with E-state index in [-0.39, 0.29) is 22.5 Å². The highest BCUT2D eigenvalue weighted by Gasteiger charge is 2.23. The van der Waals surface area contributed by atoms with Crippen LogP contribution in [0.15, 0.2) is 54.6 Å². The van der Waals surface area contributed by atoms with E-state index in [0.29, 0.717) is 10.7 Å². The molecule has 0 aliphatic rings. The highest BCUT2D eigenvalue weighted by molar-refractivity contribution is 6.30. The van der Waals surface area contributed by atoms with Crippen molar-refractivity contribution in [2.75, 3.05) is 0 Å². The lowest BCUT2D eigenvalue weighted by atomic mass is 9.93. The van der Waals surface area contributed by atoms with Crippen LogP contribution in [0.1, 0.15) is 36.8 Å². The van der Waals surface area contributed by atoms with Gasteiger partial charge in [0.05, 0.1) is 21.9 Å². The van der Waals surface area contributed by atoms with Crippen LogP contribution in [0.25, 0.3) is 5.69 Å². The van der Waals surface area contributed by atoms with Gasteiger partial charge in [-0.2, -0.15) is 5.10 Å². The summed E-state index contributed by atoms with van der Waals surface area (Å²) in [5.41, 5.74) is 1.21. The summed E-state index contributed by atoms with van der Waals surface area (Å²) in [5.74, 6) is -0.408. The van der Waals surface area contributed by atoms with Gasteiger partial charge in [0.25, 0.3) is 5.69 Å². The molecule has 0 aliphatic carbocycles. The Morgan fingerprint density at radius 2 is 1.82 bits per heavy atom. The van der Waals surface area contributed by atoms with E-state index >= 15 is 0 Å². The molecule has 28 heavy (non-hydrogen) atoms. The number of nitrogens with zero attached hydrogens (tertiary/aromatic N) is 3. The largest absolute Gasteiger partial charge is 0.404 e. The highest BCUT2D eigenvalue weighted by atomic mass is 35.5. The molecular formula is C20H18ClN3O4. The second-order valence-corrected chi connectivity index (χ2v) is 7.64. The van der Waals surface area contributed by atoms with Crippen molar-refractivity contribution in [1.29, 1.82) is 0 Å². The number of hydrogen-bond donors (Lipinski definition) is 0. The molecule has 0 amide bonds. The maximum absolute atomic E-state index is 12.5. The highest BCUT2D eigenvalue weighted by Crippen LogP contribution is 2.29. The molecular weight excluding hydrogens is 382 g/mol. The Bertz CT molecular complexity index is 1040. The number of carbonyl (C=O) groups is 1. The molecule has 2 aromatic carbocycles. The molecule has 0 saturated heterocycles. The van der Waals surface area contributed by atoms with Crippen molar-refractivity contribution >= 4 is 23.3 Å². The molecule has 144 valence electrons. The average Bonchev–Trinajstić information content (AvgIpc) is 3.06. The van der Waals surface area contributed by atoms with Gasteiger partial charge in [-0.05, 0) is 30.3 Å². The minimum absolute atomic E-state index is 0.101. The molecule has 7 nitrogen and oxygen atoms in total. The normalized spacial score (nSPS) is 11.3. The van der Waals surface area contributed by atoms with Crippen molar-refractivity contribution < 1.29 is 14.5 Å². The topological polar surface area (TPSA) is 87.3 Å². The lowest BCUT2D eigenvalue weighted by molar-refractivity contribution is -0.384. The van der Waals surface area contributed by atoms with Gasteiger partial charge in [-0.15, -0.1) is 0 Å². The van der Waals surface area contributed by atoms with Crippen molar-refractivity contribution in [1.82, 2.24) is 9.78 Å². The van der Waals surface area contributed by atoms with Gasteiger partial charge in [0.2, 0.25) is 5.88 Å². The van der Waals surface area contributed by atoms with Crippen LogP contribution in [0, 0.1) is 10.1 Å². The summed E-state index contributed by atoms with van der Waals surface area (Å²) in [6, 6.07) is 13.9. The Labute approximate surface area is 166 Å². The van der Waals surface area contributed by atoms with Gasteiger partial charge in [0.1, 0.15) is 0 Å². The minimum Gasteiger partial charge on any atom is -0.404 e. The molecule has 0 bridgehead atoms. The van der Waals surface area contributed by atoms with Crippen molar-refractivity contribution in [2.45, 2.75) is 26.2 Å². The number of nitro benzene ring substituents is 1. The summed E-state index contributed by atoms with van der Waals surface area (Å²) >= 11 is 6.08. The van der Waals surface area contributed by atoms with Crippen LogP contribution < -0.4 is 4.74 Å². The smallest absolute Gasteiger partial charge is 0.344 e. The SMILES string of the molecule is CC(C)(C)c1cc(OC(=O)c2ccc([N+](=O)[O-])cc2)n(-c2cccc(Cl)c2)n1. The molecule has 0 radical (unpaired) electrons. The Balaban J connectivity index is 1.97. The third kappa shape index (κ3) is 4.20. The second-order valence-electron chi connectivity index (χ2n) is 7.20. The molecule has 1 aromatic heterocycles. The van der Waals surface area contributed by atoms with E-state index in [0.717, 1.165) is 5.69 Å². The summed E-state index contributed by atoms with van der Waals surface area (Å²) in [6.07, 6.45) is 0. The molecule has 1 heterocycles. The summed E-state index contributed by atoms with van der Waals surface area (Å²) < 4.78 is 7.06. The van der Waals surface area contributed by atoms with E-state index in [4.69, 9.17) is 16.3 Å². The Morgan fingerprint density at radius 3 is 2.39 bits per heavy atom. The fraction of sp³-hybridized carbons (Fsp3) is 0.200. The first-order valence-electron chi connectivity index (χ1n) is 8.48. The number of halogens is 1. The Kier molecular flexibility index (Phi) is 5.20. The standard InChI is InChI=1S/C20H18ClN3O4/c1-20(2,3)17-12-18(23(22-17)16-6-4-5-14(21)11-16)28-19(25)13-7-9-15(10-8-13)24(26)27/h4-12H,1-3H3. The van der Waals surface area contributed by atoms with Crippen molar-refractivity contribution in [3.05, 3.63) is 81.0 Å². The van der Waals surface area contributed by atoms with Crippen LogP contribution in [0.3, 0.4) is 0 Å². The fourth-order valence-corrected chi connectivity index (χ4v) is 2.65. The lowest BCUT2D eigenvalue weighted by Crippen LogP contribution is -2.13.